The fourth-order valence-electron chi connectivity index (χ4n) is 1.18. The quantitative estimate of drug-likeness (QED) is 0.332. The number of carbonyl (C=O) groups excluding carboxylic acids is 1. The summed E-state index contributed by atoms with van der Waals surface area (Å²) in [5.74, 6) is -0.295. The molecule has 0 amide bonds. The van der Waals surface area contributed by atoms with E-state index in [1.165, 1.54) is 6.92 Å². The van der Waals surface area contributed by atoms with Crippen LogP contribution in [-0.4, -0.2) is 79.0 Å². The molecule has 0 bridgehead atoms. The molecular formula is C13H27NO6. The van der Waals surface area contributed by atoms with Gasteiger partial charge in [-0.2, -0.15) is 0 Å². The van der Waals surface area contributed by atoms with E-state index in [9.17, 15) is 4.79 Å². The van der Waals surface area contributed by atoms with Gasteiger partial charge < -0.3 is 29.0 Å². The van der Waals surface area contributed by atoms with Crippen LogP contribution < -0.4 is 5.32 Å². The first-order valence-corrected chi connectivity index (χ1v) is 6.86. The van der Waals surface area contributed by atoms with Crippen molar-refractivity contribution >= 4 is 5.97 Å². The van der Waals surface area contributed by atoms with Crippen LogP contribution in [0.25, 0.3) is 0 Å². The van der Waals surface area contributed by atoms with E-state index in [1.54, 1.807) is 0 Å². The number of hydrogen-bond acceptors (Lipinski definition) is 7. The lowest BCUT2D eigenvalue weighted by Gasteiger charge is -2.07. The molecule has 0 rings (SSSR count). The van der Waals surface area contributed by atoms with Crippen molar-refractivity contribution in [1.82, 2.24) is 5.32 Å². The van der Waals surface area contributed by atoms with E-state index in [-0.39, 0.29) is 12.6 Å². The zero-order valence-corrected chi connectivity index (χ0v) is 12.5. The molecule has 1 N–H and O–H groups in total. The minimum Gasteiger partial charge on any atom is -0.463 e. The minimum absolute atomic E-state index is 0.284. The molecule has 0 spiro atoms. The van der Waals surface area contributed by atoms with Gasteiger partial charge in [-0.3, -0.25) is 4.79 Å². The van der Waals surface area contributed by atoms with Crippen molar-refractivity contribution in [3.63, 3.8) is 0 Å². The Balaban J connectivity index is 2.94. The summed E-state index contributed by atoms with van der Waals surface area (Å²) >= 11 is 0. The van der Waals surface area contributed by atoms with Crippen molar-refractivity contribution < 1.29 is 28.5 Å². The molecule has 120 valence electrons. The van der Waals surface area contributed by atoms with Gasteiger partial charge in [0.25, 0.3) is 0 Å². The van der Waals surface area contributed by atoms with Crippen LogP contribution in [0, 0.1) is 0 Å². The fraction of sp³-hybridized carbons (Fsp3) is 0.923. The fourth-order valence-corrected chi connectivity index (χ4v) is 1.18. The molecular weight excluding hydrogens is 266 g/mol. The third-order valence-corrected chi connectivity index (χ3v) is 2.15. The van der Waals surface area contributed by atoms with Gasteiger partial charge in [0, 0.05) is 13.5 Å². The van der Waals surface area contributed by atoms with E-state index in [2.05, 4.69) is 5.32 Å². The number of likely N-dealkylation sites (N-methyl/N-ethyl adjacent to an activating group) is 1. The first-order valence-electron chi connectivity index (χ1n) is 6.86. The average molecular weight is 293 g/mol. The summed E-state index contributed by atoms with van der Waals surface area (Å²) in [5.41, 5.74) is 0. The molecule has 0 aliphatic carbocycles. The predicted molar refractivity (Wildman–Crippen MR) is 73.8 cm³/mol. The second-order valence-electron chi connectivity index (χ2n) is 3.89. The summed E-state index contributed by atoms with van der Waals surface area (Å²) in [6, 6.07) is 0. The normalized spacial score (nSPS) is 10.7. The Bertz CT molecular complexity index is 215. The Labute approximate surface area is 120 Å². The molecule has 0 fully saturated rings. The predicted octanol–water partition coefficient (Wildman–Crippen LogP) is -0.165. The number of esters is 1. The average Bonchev–Trinajstić information content (AvgIpc) is 2.43. The van der Waals surface area contributed by atoms with E-state index >= 15 is 0 Å². The zero-order valence-electron chi connectivity index (χ0n) is 12.5. The maximum atomic E-state index is 10.4. The molecule has 0 radical (unpaired) electrons. The van der Waals surface area contributed by atoms with Crippen LogP contribution >= 0.6 is 0 Å². The third kappa shape index (κ3) is 17.3. The molecule has 0 unspecified atom stereocenters. The Morgan fingerprint density at radius 2 is 1.15 bits per heavy atom. The Morgan fingerprint density at radius 3 is 1.55 bits per heavy atom. The van der Waals surface area contributed by atoms with Crippen molar-refractivity contribution in [2.75, 3.05) is 73.1 Å². The number of carbonyl (C=O) groups is 1. The van der Waals surface area contributed by atoms with E-state index in [4.69, 9.17) is 23.7 Å². The van der Waals surface area contributed by atoms with Crippen LogP contribution in [0.5, 0.6) is 0 Å². The van der Waals surface area contributed by atoms with Crippen LogP contribution in [-0.2, 0) is 28.5 Å². The molecule has 0 aromatic heterocycles. The first-order chi connectivity index (χ1) is 9.77. The van der Waals surface area contributed by atoms with E-state index in [0.29, 0.717) is 52.9 Å². The lowest BCUT2D eigenvalue weighted by molar-refractivity contribution is -0.142. The van der Waals surface area contributed by atoms with E-state index in [1.807, 2.05) is 7.05 Å². The Kier molecular flexibility index (Phi) is 15.7. The summed E-state index contributed by atoms with van der Waals surface area (Å²) in [6.07, 6.45) is 0. The van der Waals surface area contributed by atoms with Crippen molar-refractivity contribution in [3.8, 4) is 0 Å². The monoisotopic (exact) mass is 293 g/mol. The molecule has 0 saturated carbocycles. The van der Waals surface area contributed by atoms with Crippen molar-refractivity contribution in [1.29, 1.82) is 0 Å². The third-order valence-electron chi connectivity index (χ3n) is 2.15. The summed E-state index contributed by atoms with van der Waals surface area (Å²) in [4.78, 5) is 10.4. The first kappa shape index (κ1) is 19.3. The Morgan fingerprint density at radius 1 is 0.750 bits per heavy atom. The maximum Gasteiger partial charge on any atom is 0.302 e. The lowest BCUT2D eigenvalue weighted by Crippen LogP contribution is -2.17. The highest BCUT2D eigenvalue weighted by atomic mass is 16.6. The van der Waals surface area contributed by atoms with Gasteiger partial charge in [-0.05, 0) is 7.05 Å². The van der Waals surface area contributed by atoms with Crippen LogP contribution in [0.4, 0.5) is 0 Å². The molecule has 0 heterocycles. The van der Waals surface area contributed by atoms with E-state index < -0.39 is 0 Å². The van der Waals surface area contributed by atoms with Gasteiger partial charge in [-0.15, -0.1) is 0 Å². The summed E-state index contributed by atoms with van der Waals surface area (Å²) in [5, 5.41) is 2.99. The highest BCUT2D eigenvalue weighted by Crippen LogP contribution is 1.83. The number of nitrogens with one attached hydrogen (secondary N) is 1. The van der Waals surface area contributed by atoms with E-state index in [0.717, 1.165) is 6.54 Å². The van der Waals surface area contributed by atoms with Crippen molar-refractivity contribution in [2.45, 2.75) is 6.92 Å². The van der Waals surface area contributed by atoms with Crippen molar-refractivity contribution in [3.05, 3.63) is 0 Å². The standard InChI is InChI=1S/C13H27NO6/c1-13(15)20-12-11-19-10-9-18-8-7-17-6-5-16-4-3-14-2/h14H,3-12H2,1-2H3. The highest BCUT2D eigenvalue weighted by molar-refractivity contribution is 5.65. The number of hydrogen-bond donors (Lipinski definition) is 1. The maximum absolute atomic E-state index is 10.4. The molecule has 0 aromatic rings. The molecule has 0 saturated heterocycles. The van der Waals surface area contributed by atoms with Crippen LogP contribution in [0.2, 0.25) is 0 Å². The summed E-state index contributed by atoms with van der Waals surface area (Å²) < 4.78 is 25.8. The largest absolute Gasteiger partial charge is 0.463 e. The number of ether oxygens (including phenoxy) is 5. The molecule has 7 heteroatoms. The Hall–Kier alpha value is -0.730. The molecule has 7 nitrogen and oxygen atoms in total. The highest BCUT2D eigenvalue weighted by Gasteiger charge is 1.94. The van der Waals surface area contributed by atoms with Gasteiger partial charge in [-0.1, -0.05) is 0 Å². The lowest BCUT2D eigenvalue weighted by atomic mass is 10.6. The van der Waals surface area contributed by atoms with Gasteiger partial charge in [0.05, 0.1) is 52.9 Å². The minimum atomic E-state index is -0.295. The molecule has 0 aliphatic heterocycles. The molecule has 0 aliphatic rings. The summed E-state index contributed by atoms with van der Waals surface area (Å²) in [6.45, 7) is 6.82. The van der Waals surface area contributed by atoms with Crippen molar-refractivity contribution in [2.24, 2.45) is 0 Å². The van der Waals surface area contributed by atoms with Crippen LogP contribution in [0.15, 0.2) is 0 Å². The second-order valence-corrected chi connectivity index (χ2v) is 3.89. The zero-order chi connectivity index (χ0) is 14.9. The smallest absolute Gasteiger partial charge is 0.302 e. The molecule has 20 heavy (non-hydrogen) atoms. The van der Waals surface area contributed by atoms with Crippen LogP contribution in [0.1, 0.15) is 6.92 Å². The SMILES string of the molecule is CNCCOCCOCCOCCOCCOC(C)=O. The summed E-state index contributed by atoms with van der Waals surface area (Å²) in [7, 11) is 1.89. The van der Waals surface area contributed by atoms with Gasteiger partial charge in [0.2, 0.25) is 0 Å². The second kappa shape index (κ2) is 16.3. The van der Waals surface area contributed by atoms with Gasteiger partial charge in [0.15, 0.2) is 0 Å². The number of rotatable bonds is 15. The molecule has 0 atom stereocenters. The van der Waals surface area contributed by atoms with Gasteiger partial charge in [0.1, 0.15) is 6.61 Å². The molecule has 0 aromatic carbocycles. The topological polar surface area (TPSA) is 75.2 Å². The van der Waals surface area contributed by atoms with Gasteiger partial charge in [-0.25, -0.2) is 0 Å². The van der Waals surface area contributed by atoms with Gasteiger partial charge >= 0.3 is 5.97 Å². The van der Waals surface area contributed by atoms with Crippen LogP contribution in [0.3, 0.4) is 0 Å².